The van der Waals surface area contributed by atoms with Crippen molar-refractivity contribution in [3.8, 4) is 11.5 Å². The van der Waals surface area contributed by atoms with Gasteiger partial charge in [0.1, 0.15) is 5.69 Å². The maximum atomic E-state index is 12.7. The van der Waals surface area contributed by atoms with E-state index in [0.29, 0.717) is 16.4 Å². The highest BCUT2D eigenvalue weighted by Gasteiger charge is 2.34. The maximum Gasteiger partial charge on any atom is 0.293 e. The second-order valence-electron chi connectivity index (χ2n) is 7.09. The lowest BCUT2D eigenvalue weighted by atomic mass is 10.2. The number of para-hydroxylation sites is 1. The van der Waals surface area contributed by atoms with Crippen molar-refractivity contribution in [1.29, 1.82) is 0 Å². The van der Waals surface area contributed by atoms with Gasteiger partial charge in [0.15, 0.2) is 11.5 Å². The predicted octanol–water partition coefficient (Wildman–Crippen LogP) is 3.43. The average molecular weight is 447 g/mol. The lowest BCUT2D eigenvalue weighted by Crippen LogP contribution is -2.37. The summed E-state index contributed by atoms with van der Waals surface area (Å²) in [4.78, 5) is 43.2. The van der Waals surface area contributed by atoms with Crippen molar-refractivity contribution in [2.75, 3.05) is 19.9 Å². The highest BCUT2D eigenvalue weighted by Crippen LogP contribution is 2.36. The van der Waals surface area contributed by atoms with E-state index in [9.17, 15) is 14.4 Å². The SMILES string of the molecule is O=C(NCCN1C(=O)S/C(=C\c2ccc3c(c2)OCO3)C1=O)c1ccc2ccccc2n1. The van der Waals surface area contributed by atoms with Crippen molar-refractivity contribution in [2.24, 2.45) is 0 Å². The van der Waals surface area contributed by atoms with Crippen LogP contribution in [0.1, 0.15) is 16.1 Å². The van der Waals surface area contributed by atoms with E-state index in [1.165, 1.54) is 0 Å². The van der Waals surface area contributed by atoms with E-state index in [1.807, 2.05) is 30.3 Å². The average Bonchev–Trinajstić information content (AvgIpc) is 3.38. The molecule has 3 aromatic rings. The Labute approximate surface area is 187 Å². The second kappa shape index (κ2) is 8.35. The molecule has 0 unspecified atom stereocenters. The van der Waals surface area contributed by atoms with Gasteiger partial charge >= 0.3 is 0 Å². The van der Waals surface area contributed by atoms with Gasteiger partial charge < -0.3 is 14.8 Å². The second-order valence-corrected chi connectivity index (χ2v) is 8.08. The number of fused-ring (bicyclic) bond motifs is 2. The summed E-state index contributed by atoms with van der Waals surface area (Å²) in [6, 6.07) is 16.3. The van der Waals surface area contributed by atoms with Crippen LogP contribution in [-0.4, -0.2) is 46.8 Å². The topological polar surface area (TPSA) is 97.8 Å². The number of benzene rings is 2. The quantitative estimate of drug-likeness (QED) is 0.599. The molecule has 160 valence electrons. The zero-order chi connectivity index (χ0) is 22.1. The third-order valence-corrected chi connectivity index (χ3v) is 5.93. The minimum atomic E-state index is -0.393. The Morgan fingerprint density at radius 2 is 1.94 bits per heavy atom. The number of thioether (sulfide) groups is 1. The van der Waals surface area contributed by atoms with Crippen molar-refractivity contribution in [2.45, 2.75) is 0 Å². The first-order valence-corrected chi connectivity index (χ1v) is 10.7. The number of rotatable bonds is 5. The largest absolute Gasteiger partial charge is 0.454 e. The number of nitrogens with zero attached hydrogens (tertiary/aromatic N) is 2. The van der Waals surface area contributed by atoms with Gasteiger partial charge in [-0.05, 0) is 47.7 Å². The predicted molar refractivity (Wildman–Crippen MR) is 119 cm³/mol. The number of pyridine rings is 1. The fourth-order valence-corrected chi connectivity index (χ4v) is 4.28. The minimum Gasteiger partial charge on any atom is -0.454 e. The summed E-state index contributed by atoms with van der Waals surface area (Å²) in [5.74, 6) is 0.490. The smallest absolute Gasteiger partial charge is 0.293 e. The molecule has 0 radical (unpaired) electrons. The van der Waals surface area contributed by atoms with Crippen molar-refractivity contribution in [3.63, 3.8) is 0 Å². The molecule has 0 bridgehead atoms. The van der Waals surface area contributed by atoms with Crippen LogP contribution in [0.2, 0.25) is 0 Å². The molecule has 5 rings (SSSR count). The number of carbonyl (C=O) groups is 3. The van der Waals surface area contributed by atoms with Crippen molar-refractivity contribution >= 4 is 45.8 Å². The van der Waals surface area contributed by atoms with Crippen LogP contribution < -0.4 is 14.8 Å². The van der Waals surface area contributed by atoms with Gasteiger partial charge in [-0.3, -0.25) is 19.3 Å². The van der Waals surface area contributed by atoms with E-state index in [0.717, 1.165) is 33.1 Å². The van der Waals surface area contributed by atoms with E-state index < -0.39 is 5.91 Å². The molecule has 3 heterocycles. The van der Waals surface area contributed by atoms with Crippen LogP contribution in [0.4, 0.5) is 4.79 Å². The summed E-state index contributed by atoms with van der Waals surface area (Å²) >= 11 is 0.868. The van der Waals surface area contributed by atoms with Gasteiger partial charge in [0, 0.05) is 18.5 Å². The highest BCUT2D eigenvalue weighted by atomic mass is 32.2. The monoisotopic (exact) mass is 447 g/mol. The zero-order valence-electron chi connectivity index (χ0n) is 16.7. The van der Waals surface area contributed by atoms with Gasteiger partial charge in [0.05, 0.1) is 10.4 Å². The molecular weight excluding hydrogens is 430 g/mol. The van der Waals surface area contributed by atoms with Crippen LogP contribution in [-0.2, 0) is 4.79 Å². The summed E-state index contributed by atoms with van der Waals surface area (Å²) in [7, 11) is 0. The summed E-state index contributed by atoms with van der Waals surface area (Å²) in [5, 5.41) is 3.28. The molecule has 0 atom stereocenters. The van der Waals surface area contributed by atoms with E-state index in [4.69, 9.17) is 9.47 Å². The maximum absolute atomic E-state index is 12.7. The molecule has 1 fully saturated rings. The molecule has 0 spiro atoms. The molecule has 9 heteroatoms. The number of carbonyl (C=O) groups excluding carboxylic acids is 3. The zero-order valence-corrected chi connectivity index (χ0v) is 17.6. The summed E-state index contributed by atoms with van der Waals surface area (Å²) < 4.78 is 10.6. The molecule has 1 saturated heterocycles. The number of hydrogen-bond acceptors (Lipinski definition) is 7. The van der Waals surface area contributed by atoms with Crippen LogP contribution in [0.5, 0.6) is 11.5 Å². The summed E-state index contributed by atoms with van der Waals surface area (Å²) in [5.41, 5.74) is 1.73. The standard InChI is InChI=1S/C23H17N3O5S/c27-21(17-7-6-15-3-1-2-4-16(15)25-17)24-9-10-26-22(28)20(32-23(26)29)12-14-5-8-18-19(11-14)31-13-30-18/h1-8,11-12H,9-10,13H2,(H,24,27)/b20-12-. The molecule has 32 heavy (non-hydrogen) atoms. The van der Waals surface area contributed by atoms with E-state index in [-0.39, 0.29) is 36.7 Å². The minimum absolute atomic E-state index is 0.0719. The van der Waals surface area contributed by atoms with Crippen molar-refractivity contribution < 1.29 is 23.9 Å². The summed E-state index contributed by atoms with van der Waals surface area (Å²) in [6.07, 6.45) is 1.64. The number of hydrogen-bond donors (Lipinski definition) is 1. The van der Waals surface area contributed by atoms with Gasteiger partial charge in [-0.1, -0.05) is 30.3 Å². The van der Waals surface area contributed by atoms with Gasteiger partial charge in [-0.25, -0.2) is 4.98 Å². The normalized spacial score (nSPS) is 16.2. The van der Waals surface area contributed by atoms with Crippen LogP contribution in [0.25, 0.3) is 17.0 Å². The van der Waals surface area contributed by atoms with Crippen LogP contribution in [0.3, 0.4) is 0 Å². The first-order chi connectivity index (χ1) is 15.6. The number of ether oxygens (including phenoxy) is 2. The Balaban J connectivity index is 1.21. The number of imide groups is 1. The van der Waals surface area contributed by atoms with E-state index in [2.05, 4.69) is 10.3 Å². The lowest BCUT2D eigenvalue weighted by Gasteiger charge is -2.13. The fraction of sp³-hybridized carbons (Fsp3) is 0.130. The molecule has 2 aliphatic heterocycles. The Morgan fingerprint density at radius 1 is 1.09 bits per heavy atom. The summed E-state index contributed by atoms with van der Waals surface area (Å²) in [6.45, 7) is 0.362. The molecule has 2 aromatic carbocycles. The molecule has 0 saturated carbocycles. The third-order valence-electron chi connectivity index (χ3n) is 5.02. The number of nitrogens with one attached hydrogen (secondary N) is 1. The molecule has 8 nitrogen and oxygen atoms in total. The van der Waals surface area contributed by atoms with Crippen molar-refractivity contribution in [1.82, 2.24) is 15.2 Å². The van der Waals surface area contributed by atoms with Crippen molar-refractivity contribution in [3.05, 3.63) is 70.8 Å². The lowest BCUT2D eigenvalue weighted by molar-refractivity contribution is -0.122. The molecule has 2 aliphatic rings. The van der Waals surface area contributed by atoms with E-state index in [1.54, 1.807) is 30.3 Å². The molecule has 1 aromatic heterocycles. The molecule has 0 aliphatic carbocycles. The Morgan fingerprint density at radius 3 is 2.84 bits per heavy atom. The van der Waals surface area contributed by atoms with Gasteiger partial charge in [0.2, 0.25) is 6.79 Å². The first kappa shape index (κ1) is 20.1. The van der Waals surface area contributed by atoms with Crippen LogP contribution in [0.15, 0.2) is 59.5 Å². The Hall–Kier alpha value is -3.85. The van der Waals surface area contributed by atoms with E-state index >= 15 is 0 Å². The molecule has 3 amide bonds. The number of amides is 3. The first-order valence-electron chi connectivity index (χ1n) is 9.87. The highest BCUT2D eigenvalue weighted by molar-refractivity contribution is 8.18. The molecule has 1 N–H and O–H groups in total. The molecular formula is C23H17N3O5S. The number of aromatic nitrogens is 1. The Kier molecular flexibility index (Phi) is 5.24. The Bertz CT molecular complexity index is 1290. The van der Waals surface area contributed by atoms with Crippen LogP contribution in [0, 0.1) is 0 Å². The van der Waals surface area contributed by atoms with Crippen LogP contribution >= 0.6 is 11.8 Å². The van der Waals surface area contributed by atoms with Gasteiger partial charge in [-0.2, -0.15) is 0 Å². The third kappa shape index (κ3) is 3.90. The van der Waals surface area contributed by atoms with Gasteiger partial charge in [0.25, 0.3) is 17.1 Å². The van der Waals surface area contributed by atoms with Gasteiger partial charge in [-0.15, -0.1) is 0 Å². The fourth-order valence-electron chi connectivity index (χ4n) is 3.41.